The summed E-state index contributed by atoms with van der Waals surface area (Å²) in [5.41, 5.74) is 1.46. The molecule has 0 aliphatic carbocycles. The number of carbonyl (C=O) groups is 1. The first-order valence-corrected chi connectivity index (χ1v) is 7.81. The quantitative estimate of drug-likeness (QED) is 0.885. The van der Waals surface area contributed by atoms with Crippen LogP contribution in [0.1, 0.15) is 23.7 Å². The molecule has 1 aromatic carbocycles. The van der Waals surface area contributed by atoms with Crippen molar-refractivity contribution < 1.29 is 14.3 Å². The number of aromatic amines is 1. The van der Waals surface area contributed by atoms with E-state index < -0.39 is 11.9 Å². The minimum absolute atomic E-state index is 0.0160. The van der Waals surface area contributed by atoms with E-state index in [4.69, 9.17) is 11.6 Å². The maximum Gasteiger partial charge on any atom is 0.257 e. The third-order valence-corrected chi connectivity index (χ3v) is 4.57. The summed E-state index contributed by atoms with van der Waals surface area (Å²) in [5.74, 6) is -0.546. The molecule has 2 N–H and O–H groups in total. The zero-order chi connectivity index (χ0) is 16.6. The molecule has 2 unspecified atom stereocenters. The molecule has 122 valence electrons. The Morgan fingerprint density at radius 3 is 3.00 bits per heavy atom. The van der Waals surface area contributed by atoms with Crippen LogP contribution >= 0.6 is 11.6 Å². The molecule has 1 fully saturated rings. The first-order valence-electron chi connectivity index (χ1n) is 7.43. The first-order chi connectivity index (χ1) is 11.0. The van der Waals surface area contributed by atoms with Crippen molar-refractivity contribution in [2.75, 3.05) is 13.1 Å². The van der Waals surface area contributed by atoms with Gasteiger partial charge in [0.05, 0.1) is 28.6 Å². The van der Waals surface area contributed by atoms with Gasteiger partial charge in [-0.2, -0.15) is 5.10 Å². The Labute approximate surface area is 138 Å². The zero-order valence-corrected chi connectivity index (χ0v) is 13.3. The third-order valence-electron chi connectivity index (χ3n) is 4.28. The van der Waals surface area contributed by atoms with E-state index in [0.717, 1.165) is 6.42 Å². The van der Waals surface area contributed by atoms with Crippen LogP contribution in [0.25, 0.3) is 11.3 Å². The van der Waals surface area contributed by atoms with Crippen molar-refractivity contribution in [3.8, 4) is 11.3 Å². The van der Waals surface area contributed by atoms with Gasteiger partial charge in [-0.15, -0.1) is 0 Å². The van der Waals surface area contributed by atoms with Crippen LogP contribution in [0.3, 0.4) is 0 Å². The van der Waals surface area contributed by atoms with Gasteiger partial charge in [0.1, 0.15) is 5.82 Å². The van der Waals surface area contributed by atoms with E-state index in [9.17, 15) is 14.3 Å². The molecular formula is C16H17ClFN3O2. The predicted octanol–water partition coefficient (Wildman–Crippen LogP) is 2.71. The molecule has 23 heavy (non-hydrogen) atoms. The number of H-pyrrole nitrogens is 1. The Hall–Kier alpha value is -1.92. The summed E-state index contributed by atoms with van der Waals surface area (Å²) in [5, 5.41) is 16.7. The fraction of sp³-hybridized carbons (Fsp3) is 0.375. The van der Waals surface area contributed by atoms with Gasteiger partial charge in [-0.1, -0.05) is 18.5 Å². The van der Waals surface area contributed by atoms with Gasteiger partial charge >= 0.3 is 0 Å². The zero-order valence-electron chi connectivity index (χ0n) is 12.6. The normalized spacial score (nSPS) is 21.5. The van der Waals surface area contributed by atoms with Crippen LogP contribution in [0.5, 0.6) is 0 Å². The molecule has 0 spiro atoms. The van der Waals surface area contributed by atoms with Crippen LogP contribution in [0.2, 0.25) is 5.02 Å². The van der Waals surface area contributed by atoms with Gasteiger partial charge in [-0.3, -0.25) is 9.89 Å². The second-order valence-electron chi connectivity index (χ2n) is 5.87. The van der Waals surface area contributed by atoms with Gasteiger partial charge in [0.25, 0.3) is 5.91 Å². The summed E-state index contributed by atoms with van der Waals surface area (Å²) in [6.07, 6.45) is 1.67. The first kappa shape index (κ1) is 16.0. The van der Waals surface area contributed by atoms with Gasteiger partial charge < -0.3 is 10.0 Å². The fourth-order valence-corrected chi connectivity index (χ4v) is 2.90. The molecule has 2 heterocycles. The molecule has 1 aliphatic rings. The van der Waals surface area contributed by atoms with Crippen molar-refractivity contribution in [3.05, 3.63) is 40.8 Å². The number of rotatable bonds is 2. The lowest BCUT2D eigenvalue weighted by molar-refractivity contribution is 0.0249. The molecule has 1 saturated heterocycles. The largest absolute Gasteiger partial charge is 0.391 e. The number of β-amino-alcohol motifs (C(OH)–C–C–N with tert-alkyl or cyclic N) is 1. The molecule has 3 rings (SSSR count). The van der Waals surface area contributed by atoms with E-state index in [1.54, 1.807) is 11.0 Å². The molecule has 0 bridgehead atoms. The fourth-order valence-electron chi connectivity index (χ4n) is 2.72. The standard InChI is InChI=1S/C16H17ClFN3O2/c1-9-4-5-21(8-14(9)22)16(23)11-7-19-20-15(11)10-2-3-13(18)12(17)6-10/h2-3,6-7,9,14,22H,4-5,8H2,1H3,(H,19,20). The Morgan fingerprint density at radius 2 is 2.30 bits per heavy atom. The van der Waals surface area contributed by atoms with E-state index in [-0.39, 0.29) is 16.8 Å². The van der Waals surface area contributed by atoms with Crippen molar-refractivity contribution in [3.63, 3.8) is 0 Å². The van der Waals surface area contributed by atoms with Crippen molar-refractivity contribution >= 4 is 17.5 Å². The van der Waals surface area contributed by atoms with Crippen LogP contribution in [0.4, 0.5) is 4.39 Å². The van der Waals surface area contributed by atoms with Crippen LogP contribution in [-0.2, 0) is 0 Å². The summed E-state index contributed by atoms with van der Waals surface area (Å²) < 4.78 is 13.3. The highest BCUT2D eigenvalue weighted by molar-refractivity contribution is 6.31. The van der Waals surface area contributed by atoms with Gasteiger partial charge in [0.15, 0.2) is 0 Å². The van der Waals surface area contributed by atoms with Crippen LogP contribution in [0.15, 0.2) is 24.4 Å². The highest BCUT2D eigenvalue weighted by Gasteiger charge is 2.29. The number of benzene rings is 1. The number of hydrogen-bond acceptors (Lipinski definition) is 3. The van der Waals surface area contributed by atoms with E-state index in [1.165, 1.54) is 18.3 Å². The number of aliphatic hydroxyl groups excluding tert-OH is 1. The van der Waals surface area contributed by atoms with E-state index in [0.29, 0.717) is 29.9 Å². The van der Waals surface area contributed by atoms with Gasteiger partial charge in [0.2, 0.25) is 0 Å². The number of piperidine rings is 1. The van der Waals surface area contributed by atoms with Crippen molar-refractivity contribution in [1.82, 2.24) is 15.1 Å². The average molecular weight is 338 g/mol. The lowest BCUT2D eigenvalue weighted by atomic mass is 9.95. The summed E-state index contributed by atoms with van der Waals surface area (Å²) in [7, 11) is 0. The number of aliphatic hydroxyl groups is 1. The summed E-state index contributed by atoms with van der Waals surface area (Å²) in [6, 6.07) is 4.24. The minimum atomic E-state index is -0.525. The highest BCUT2D eigenvalue weighted by atomic mass is 35.5. The lowest BCUT2D eigenvalue weighted by Crippen LogP contribution is -2.45. The number of aromatic nitrogens is 2. The summed E-state index contributed by atoms with van der Waals surface area (Å²) >= 11 is 5.81. The maximum absolute atomic E-state index is 13.3. The predicted molar refractivity (Wildman–Crippen MR) is 84.7 cm³/mol. The number of amides is 1. The summed E-state index contributed by atoms with van der Waals surface area (Å²) in [4.78, 5) is 14.3. The Kier molecular flexibility index (Phi) is 4.37. The summed E-state index contributed by atoms with van der Waals surface area (Å²) in [6.45, 7) is 2.86. The smallest absolute Gasteiger partial charge is 0.257 e. The van der Waals surface area contributed by atoms with Gasteiger partial charge in [0, 0.05) is 18.7 Å². The van der Waals surface area contributed by atoms with Crippen LogP contribution in [-0.4, -0.2) is 45.3 Å². The Morgan fingerprint density at radius 1 is 1.52 bits per heavy atom. The number of carbonyl (C=O) groups excluding carboxylic acids is 1. The second kappa shape index (κ2) is 6.29. The topological polar surface area (TPSA) is 69.2 Å². The molecule has 1 amide bonds. The Balaban J connectivity index is 1.88. The number of nitrogens with one attached hydrogen (secondary N) is 1. The number of hydrogen-bond donors (Lipinski definition) is 2. The van der Waals surface area contributed by atoms with Crippen molar-refractivity contribution in [2.45, 2.75) is 19.4 Å². The SMILES string of the molecule is CC1CCN(C(=O)c2cn[nH]c2-c2ccc(F)c(Cl)c2)CC1O. The van der Waals surface area contributed by atoms with Crippen LogP contribution < -0.4 is 0 Å². The van der Waals surface area contributed by atoms with E-state index >= 15 is 0 Å². The third kappa shape index (κ3) is 3.09. The van der Waals surface area contributed by atoms with E-state index in [2.05, 4.69) is 10.2 Å². The van der Waals surface area contributed by atoms with Gasteiger partial charge in [-0.05, 0) is 30.5 Å². The number of nitrogens with zero attached hydrogens (tertiary/aromatic N) is 2. The average Bonchev–Trinajstić information content (AvgIpc) is 3.01. The Bertz CT molecular complexity index is 734. The van der Waals surface area contributed by atoms with E-state index in [1.807, 2.05) is 6.92 Å². The molecule has 7 heteroatoms. The van der Waals surface area contributed by atoms with Crippen molar-refractivity contribution in [2.24, 2.45) is 5.92 Å². The minimum Gasteiger partial charge on any atom is -0.391 e. The van der Waals surface area contributed by atoms with Gasteiger partial charge in [-0.25, -0.2) is 4.39 Å². The molecule has 0 radical (unpaired) electrons. The van der Waals surface area contributed by atoms with Crippen LogP contribution in [0, 0.1) is 11.7 Å². The number of halogens is 2. The molecule has 2 aromatic rings. The molecule has 1 aliphatic heterocycles. The second-order valence-corrected chi connectivity index (χ2v) is 6.28. The number of likely N-dealkylation sites (tertiary alicyclic amines) is 1. The molecule has 0 saturated carbocycles. The monoisotopic (exact) mass is 337 g/mol. The highest BCUT2D eigenvalue weighted by Crippen LogP contribution is 2.27. The molecule has 2 atom stereocenters. The maximum atomic E-state index is 13.3. The molecule has 1 aromatic heterocycles. The lowest BCUT2D eigenvalue weighted by Gasteiger charge is -2.34. The molecule has 5 nitrogen and oxygen atoms in total. The van der Waals surface area contributed by atoms with Crippen molar-refractivity contribution in [1.29, 1.82) is 0 Å². The molecular weight excluding hydrogens is 321 g/mol.